The summed E-state index contributed by atoms with van der Waals surface area (Å²) in [7, 11) is 0. The molecule has 0 unspecified atom stereocenters. The third-order valence-corrected chi connectivity index (χ3v) is 10.1. The van der Waals surface area contributed by atoms with E-state index in [0.717, 1.165) is 89.9 Å². The number of hydrogen-bond donors (Lipinski definition) is 6. The third-order valence-electron chi connectivity index (χ3n) is 10.1. The van der Waals surface area contributed by atoms with Crippen molar-refractivity contribution < 1.29 is 59.4 Å². The number of fused-ring (bicyclic) bond motifs is 1. The van der Waals surface area contributed by atoms with Crippen molar-refractivity contribution in [1.82, 2.24) is 0 Å². The SMILES string of the molecule is O=C(O)CCCC1(C(=O)O)CCCC1.O=C(O)CCCCCCCC1(C(=O)O)CCCC1.O=C(O)c1ccc(C(=O)O)c2c1CCCC2. The van der Waals surface area contributed by atoms with Gasteiger partial charge in [0.05, 0.1) is 22.0 Å². The first kappa shape index (κ1) is 40.2. The molecule has 0 bridgehead atoms. The van der Waals surface area contributed by atoms with E-state index in [9.17, 15) is 33.9 Å². The van der Waals surface area contributed by atoms with Crippen LogP contribution in [0.5, 0.6) is 0 Å². The van der Waals surface area contributed by atoms with E-state index in [-0.39, 0.29) is 24.0 Å². The van der Waals surface area contributed by atoms with Crippen LogP contribution in [0.15, 0.2) is 12.1 Å². The number of carboxylic acid groups (broad SMARTS) is 6. The summed E-state index contributed by atoms with van der Waals surface area (Å²) < 4.78 is 0. The minimum absolute atomic E-state index is 0.0784. The lowest BCUT2D eigenvalue weighted by Crippen LogP contribution is -2.27. The minimum Gasteiger partial charge on any atom is -0.481 e. The fraction of sp³-hybridized carbons (Fsp3) is 0.667. The number of unbranched alkanes of at least 4 members (excludes halogenated alkanes) is 4. The normalized spacial score (nSPS) is 17.1. The van der Waals surface area contributed by atoms with Gasteiger partial charge in [-0.1, -0.05) is 51.4 Å². The van der Waals surface area contributed by atoms with Crippen LogP contribution in [-0.4, -0.2) is 66.5 Å². The predicted octanol–water partition coefficient (Wildman–Crippen LogP) is 7.29. The Morgan fingerprint density at radius 2 is 0.833 bits per heavy atom. The van der Waals surface area contributed by atoms with E-state index in [1.54, 1.807) is 0 Å². The van der Waals surface area contributed by atoms with Gasteiger partial charge >= 0.3 is 35.8 Å². The average Bonchev–Trinajstić information content (AvgIpc) is 3.72. The molecule has 6 N–H and O–H groups in total. The Hall–Kier alpha value is -3.96. The second-order valence-electron chi connectivity index (χ2n) is 13.4. The Morgan fingerprint density at radius 3 is 1.21 bits per heavy atom. The van der Waals surface area contributed by atoms with Gasteiger partial charge in [-0.15, -0.1) is 0 Å². The Kier molecular flexibility index (Phi) is 16.6. The molecule has 2 saturated carbocycles. The van der Waals surface area contributed by atoms with Crippen LogP contribution in [0.25, 0.3) is 0 Å². The van der Waals surface area contributed by atoms with E-state index in [4.69, 9.17) is 25.5 Å². The van der Waals surface area contributed by atoms with Crippen molar-refractivity contribution in [3.63, 3.8) is 0 Å². The third kappa shape index (κ3) is 12.2. The molecule has 1 aromatic carbocycles. The molecule has 0 atom stereocenters. The van der Waals surface area contributed by atoms with E-state index in [0.29, 0.717) is 49.7 Å². The van der Waals surface area contributed by atoms with Gasteiger partial charge in [0, 0.05) is 12.8 Å². The van der Waals surface area contributed by atoms with Crippen molar-refractivity contribution in [1.29, 1.82) is 0 Å². The summed E-state index contributed by atoms with van der Waals surface area (Å²) in [5.41, 5.74) is 0.855. The van der Waals surface area contributed by atoms with Crippen molar-refractivity contribution >= 4 is 35.8 Å². The summed E-state index contributed by atoms with van der Waals surface area (Å²) in [5, 5.41) is 53.4. The molecule has 48 heavy (non-hydrogen) atoms. The van der Waals surface area contributed by atoms with Crippen LogP contribution in [0, 0.1) is 10.8 Å². The van der Waals surface area contributed by atoms with Gasteiger partial charge in [0.2, 0.25) is 0 Å². The Bertz CT molecular complexity index is 1230. The molecule has 3 aliphatic rings. The van der Waals surface area contributed by atoms with Gasteiger partial charge in [0.25, 0.3) is 0 Å². The standard InChI is InChI=1S/C14H24O4.C12H12O4.C10H16O4/c15-12(16)8-4-2-1-3-5-9-14(13(17)18)10-6-7-11-14;13-11(14)9-5-6-10(12(15)16)8-4-2-1-3-7(8)9;11-8(12)4-3-7-10(9(13)14)5-1-2-6-10/h1-11H2,(H,15,16)(H,17,18);5-6H,1-4H2,(H,13,14)(H,15,16);1-7H2,(H,11,12)(H,13,14). The average molecular weight is 677 g/mol. The number of benzene rings is 1. The summed E-state index contributed by atoms with van der Waals surface area (Å²) in [5.74, 6) is -4.90. The number of carboxylic acids is 6. The zero-order valence-corrected chi connectivity index (χ0v) is 27.8. The highest BCUT2D eigenvalue weighted by atomic mass is 16.4. The van der Waals surface area contributed by atoms with Gasteiger partial charge in [0.15, 0.2) is 0 Å². The topological polar surface area (TPSA) is 224 Å². The van der Waals surface area contributed by atoms with Gasteiger partial charge in [-0.3, -0.25) is 19.2 Å². The zero-order chi connectivity index (χ0) is 35.7. The first-order valence-electron chi connectivity index (χ1n) is 17.3. The molecule has 0 aromatic heterocycles. The highest BCUT2D eigenvalue weighted by Gasteiger charge is 2.41. The molecule has 0 aliphatic heterocycles. The molecule has 12 nitrogen and oxygen atoms in total. The molecule has 2 fully saturated rings. The van der Waals surface area contributed by atoms with Gasteiger partial charge in [0.1, 0.15) is 0 Å². The molecule has 268 valence electrons. The van der Waals surface area contributed by atoms with Crippen molar-refractivity contribution in [3.05, 3.63) is 34.4 Å². The summed E-state index contributed by atoms with van der Waals surface area (Å²) in [4.78, 5) is 65.0. The predicted molar refractivity (Wildman–Crippen MR) is 176 cm³/mol. The molecule has 3 aliphatic carbocycles. The van der Waals surface area contributed by atoms with Crippen LogP contribution in [0.3, 0.4) is 0 Å². The molecular weight excluding hydrogens is 624 g/mol. The summed E-state index contributed by atoms with van der Waals surface area (Å²) >= 11 is 0. The van der Waals surface area contributed by atoms with Crippen LogP contribution < -0.4 is 0 Å². The van der Waals surface area contributed by atoms with E-state index >= 15 is 0 Å². The van der Waals surface area contributed by atoms with Crippen molar-refractivity contribution in [2.75, 3.05) is 0 Å². The number of rotatable bonds is 16. The first-order chi connectivity index (χ1) is 22.7. The first-order valence-corrected chi connectivity index (χ1v) is 17.3. The van der Waals surface area contributed by atoms with E-state index < -0.39 is 46.6 Å². The molecule has 0 spiro atoms. The smallest absolute Gasteiger partial charge is 0.335 e. The van der Waals surface area contributed by atoms with Gasteiger partial charge in [-0.2, -0.15) is 0 Å². The molecule has 1 aromatic rings. The van der Waals surface area contributed by atoms with Crippen LogP contribution in [0.4, 0.5) is 0 Å². The quantitative estimate of drug-likeness (QED) is 0.0949. The highest BCUT2D eigenvalue weighted by Crippen LogP contribution is 2.43. The van der Waals surface area contributed by atoms with Gasteiger partial charge < -0.3 is 30.6 Å². The summed E-state index contributed by atoms with van der Waals surface area (Å²) in [6.45, 7) is 0. The Balaban J connectivity index is 0.000000252. The van der Waals surface area contributed by atoms with Crippen LogP contribution in [-0.2, 0) is 32.0 Å². The lowest BCUT2D eigenvalue weighted by atomic mass is 9.81. The number of aliphatic carboxylic acids is 4. The minimum atomic E-state index is -0.977. The summed E-state index contributed by atoms with van der Waals surface area (Å²) in [6.07, 6.45) is 17.1. The summed E-state index contributed by atoms with van der Waals surface area (Å²) in [6, 6.07) is 2.80. The van der Waals surface area contributed by atoms with Crippen LogP contribution in [0.2, 0.25) is 0 Å². The molecule has 0 saturated heterocycles. The molecular formula is C36H52O12. The maximum absolute atomic E-state index is 11.3. The van der Waals surface area contributed by atoms with E-state index in [1.165, 1.54) is 12.1 Å². The molecule has 4 rings (SSSR count). The molecule has 0 radical (unpaired) electrons. The van der Waals surface area contributed by atoms with Gasteiger partial charge in [-0.25, -0.2) is 9.59 Å². The molecule has 12 heteroatoms. The fourth-order valence-corrected chi connectivity index (χ4v) is 7.36. The Morgan fingerprint density at radius 1 is 0.479 bits per heavy atom. The van der Waals surface area contributed by atoms with Crippen LogP contribution in [0.1, 0.15) is 160 Å². The molecule has 0 heterocycles. The van der Waals surface area contributed by atoms with Crippen molar-refractivity contribution in [2.45, 2.75) is 141 Å². The van der Waals surface area contributed by atoms with Crippen molar-refractivity contribution in [3.8, 4) is 0 Å². The number of carbonyl (C=O) groups is 6. The maximum atomic E-state index is 11.3. The van der Waals surface area contributed by atoms with E-state index in [1.807, 2.05) is 0 Å². The van der Waals surface area contributed by atoms with Crippen molar-refractivity contribution in [2.24, 2.45) is 10.8 Å². The maximum Gasteiger partial charge on any atom is 0.335 e. The molecule has 0 amide bonds. The van der Waals surface area contributed by atoms with Crippen LogP contribution >= 0.6 is 0 Å². The highest BCUT2D eigenvalue weighted by molar-refractivity contribution is 5.95. The van der Waals surface area contributed by atoms with Gasteiger partial charge in [-0.05, 0) is 100 Å². The second-order valence-corrected chi connectivity index (χ2v) is 13.4. The number of hydrogen-bond acceptors (Lipinski definition) is 6. The lowest BCUT2D eigenvalue weighted by Gasteiger charge is -2.23. The fourth-order valence-electron chi connectivity index (χ4n) is 7.36. The second kappa shape index (κ2) is 19.8. The lowest BCUT2D eigenvalue weighted by molar-refractivity contribution is -0.150. The number of aromatic carboxylic acids is 2. The monoisotopic (exact) mass is 676 g/mol. The van der Waals surface area contributed by atoms with E-state index in [2.05, 4.69) is 0 Å². The largest absolute Gasteiger partial charge is 0.481 e. The Labute approximate surface area is 281 Å². The zero-order valence-electron chi connectivity index (χ0n) is 27.8.